The zero-order chi connectivity index (χ0) is 21.1. The standard InChI is InChI=1S/C22H29N3O3S2/c1-13(2)21-24-14(12-29-21)10-18(26)25-22-19(16-7-3-4-8-17(16)30-22)20(27)23-11-15-6-5-9-28-15/h12-13,15H,3-11H2,1-2H3,(H,23,27)(H,25,26). The Morgan fingerprint density at radius 1 is 1.27 bits per heavy atom. The van der Waals surface area contributed by atoms with Gasteiger partial charge in [0.25, 0.3) is 5.91 Å². The van der Waals surface area contributed by atoms with E-state index >= 15 is 0 Å². The lowest BCUT2D eigenvalue weighted by Crippen LogP contribution is -2.32. The highest BCUT2D eigenvalue weighted by atomic mass is 32.1. The summed E-state index contributed by atoms with van der Waals surface area (Å²) in [5.74, 6) is 0.133. The van der Waals surface area contributed by atoms with Crippen LogP contribution in [-0.2, 0) is 28.8 Å². The first-order chi connectivity index (χ1) is 14.5. The highest BCUT2D eigenvalue weighted by Crippen LogP contribution is 2.38. The number of amides is 2. The van der Waals surface area contributed by atoms with Crippen LogP contribution in [0, 0.1) is 0 Å². The van der Waals surface area contributed by atoms with E-state index in [1.807, 2.05) is 5.38 Å². The molecule has 1 fully saturated rings. The first-order valence-corrected chi connectivity index (χ1v) is 12.5. The molecule has 1 atom stereocenters. The fourth-order valence-electron chi connectivity index (χ4n) is 4.00. The number of thiazole rings is 1. The molecule has 2 aliphatic rings. The van der Waals surface area contributed by atoms with Crippen molar-refractivity contribution in [2.24, 2.45) is 0 Å². The van der Waals surface area contributed by atoms with Crippen molar-refractivity contribution in [3.8, 4) is 0 Å². The maximum atomic E-state index is 13.1. The summed E-state index contributed by atoms with van der Waals surface area (Å²) in [7, 11) is 0. The molecule has 162 valence electrons. The predicted molar refractivity (Wildman–Crippen MR) is 121 cm³/mol. The van der Waals surface area contributed by atoms with Gasteiger partial charge in [0.1, 0.15) is 5.00 Å². The number of aryl methyl sites for hydroxylation is 1. The summed E-state index contributed by atoms with van der Waals surface area (Å²) >= 11 is 3.15. The van der Waals surface area contributed by atoms with Crippen LogP contribution in [0.1, 0.15) is 76.9 Å². The summed E-state index contributed by atoms with van der Waals surface area (Å²) in [5.41, 5.74) is 2.55. The number of ether oxygens (including phenoxy) is 1. The zero-order valence-electron chi connectivity index (χ0n) is 17.6. The second-order valence-corrected chi connectivity index (χ2v) is 10.3. The number of nitrogens with one attached hydrogen (secondary N) is 2. The molecule has 1 aliphatic heterocycles. The number of carbonyl (C=O) groups is 2. The van der Waals surface area contributed by atoms with Crippen molar-refractivity contribution in [2.45, 2.75) is 70.8 Å². The molecule has 30 heavy (non-hydrogen) atoms. The van der Waals surface area contributed by atoms with Crippen LogP contribution in [0.3, 0.4) is 0 Å². The molecule has 2 aromatic rings. The summed E-state index contributed by atoms with van der Waals surface area (Å²) in [5, 5.41) is 9.72. The Hall–Kier alpha value is -1.77. The van der Waals surface area contributed by atoms with E-state index in [0.29, 0.717) is 23.0 Å². The Bertz CT molecular complexity index is 913. The van der Waals surface area contributed by atoms with E-state index in [0.717, 1.165) is 61.4 Å². The normalized spacial score (nSPS) is 18.4. The Labute approximate surface area is 185 Å². The van der Waals surface area contributed by atoms with Crippen molar-refractivity contribution in [3.05, 3.63) is 32.1 Å². The third kappa shape index (κ3) is 4.92. The van der Waals surface area contributed by atoms with Gasteiger partial charge >= 0.3 is 0 Å². The molecule has 0 aromatic carbocycles. The van der Waals surface area contributed by atoms with Crippen molar-refractivity contribution in [2.75, 3.05) is 18.5 Å². The number of aromatic nitrogens is 1. The van der Waals surface area contributed by atoms with Crippen molar-refractivity contribution < 1.29 is 14.3 Å². The number of hydrogen-bond acceptors (Lipinski definition) is 6. The van der Waals surface area contributed by atoms with Gasteiger partial charge in [-0.05, 0) is 44.1 Å². The van der Waals surface area contributed by atoms with Gasteiger partial charge in [-0.2, -0.15) is 0 Å². The van der Waals surface area contributed by atoms with Gasteiger partial charge in [-0.25, -0.2) is 4.98 Å². The third-order valence-corrected chi connectivity index (χ3v) is 7.97. The van der Waals surface area contributed by atoms with Crippen molar-refractivity contribution in [3.63, 3.8) is 0 Å². The SMILES string of the molecule is CC(C)c1nc(CC(=O)Nc2sc3c(c2C(=O)NCC2CCCO2)CCCC3)cs1. The van der Waals surface area contributed by atoms with E-state index in [2.05, 4.69) is 29.5 Å². The molecule has 8 heteroatoms. The van der Waals surface area contributed by atoms with Crippen LogP contribution >= 0.6 is 22.7 Å². The highest BCUT2D eigenvalue weighted by molar-refractivity contribution is 7.17. The van der Waals surface area contributed by atoms with E-state index in [1.54, 1.807) is 22.7 Å². The van der Waals surface area contributed by atoms with Crippen molar-refractivity contribution >= 4 is 39.5 Å². The Kier molecular flexibility index (Phi) is 6.85. The van der Waals surface area contributed by atoms with Crippen molar-refractivity contribution in [1.29, 1.82) is 0 Å². The Balaban J connectivity index is 1.47. The quantitative estimate of drug-likeness (QED) is 0.663. The van der Waals surface area contributed by atoms with Crippen LogP contribution in [0.15, 0.2) is 5.38 Å². The molecule has 2 amide bonds. The molecule has 1 aliphatic carbocycles. The Morgan fingerprint density at radius 2 is 2.10 bits per heavy atom. The van der Waals surface area contributed by atoms with E-state index in [-0.39, 0.29) is 24.3 Å². The van der Waals surface area contributed by atoms with E-state index in [1.165, 1.54) is 4.88 Å². The largest absolute Gasteiger partial charge is 0.376 e. The number of anilines is 1. The lowest BCUT2D eigenvalue weighted by atomic mass is 9.95. The van der Waals surface area contributed by atoms with Gasteiger partial charge in [0.15, 0.2) is 0 Å². The van der Waals surface area contributed by atoms with E-state index in [9.17, 15) is 9.59 Å². The second kappa shape index (κ2) is 9.58. The number of hydrogen-bond donors (Lipinski definition) is 2. The van der Waals surface area contributed by atoms with Crippen molar-refractivity contribution in [1.82, 2.24) is 10.3 Å². The molecule has 1 unspecified atom stereocenters. The Morgan fingerprint density at radius 3 is 2.83 bits per heavy atom. The van der Waals surface area contributed by atoms with Crippen LogP contribution in [0.5, 0.6) is 0 Å². The topological polar surface area (TPSA) is 80.3 Å². The smallest absolute Gasteiger partial charge is 0.254 e. The summed E-state index contributed by atoms with van der Waals surface area (Å²) in [6.45, 7) is 5.49. The fourth-order valence-corrected chi connectivity index (χ4v) is 6.14. The molecule has 3 heterocycles. The molecule has 4 rings (SSSR count). The molecule has 2 N–H and O–H groups in total. The summed E-state index contributed by atoms with van der Waals surface area (Å²) in [6.07, 6.45) is 6.45. The van der Waals surface area contributed by atoms with Gasteiger partial charge in [0.05, 0.1) is 28.8 Å². The van der Waals surface area contributed by atoms with E-state index in [4.69, 9.17) is 4.74 Å². The minimum Gasteiger partial charge on any atom is -0.376 e. The minimum atomic E-state index is -0.123. The van der Waals surface area contributed by atoms with Crippen LogP contribution in [0.4, 0.5) is 5.00 Å². The maximum absolute atomic E-state index is 13.1. The predicted octanol–water partition coefficient (Wildman–Crippen LogP) is 4.30. The van der Waals surface area contributed by atoms with Crippen LogP contribution in [0.2, 0.25) is 0 Å². The van der Waals surface area contributed by atoms with Gasteiger partial charge in [-0.3, -0.25) is 9.59 Å². The summed E-state index contributed by atoms with van der Waals surface area (Å²) in [6, 6.07) is 0. The molecular weight excluding hydrogens is 418 g/mol. The zero-order valence-corrected chi connectivity index (χ0v) is 19.2. The molecule has 2 aromatic heterocycles. The molecule has 0 bridgehead atoms. The highest BCUT2D eigenvalue weighted by Gasteiger charge is 2.27. The molecule has 0 spiro atoms. The molecule has 0 saturated carbocycles. The van der Waals surface area contributed by atoms with Gasteiger partial charge in [0.2, 0.25) is 5.91 Å². The molecule has 0 radical (unpaired) electrons. The number of nitrogens with zero attached hydrogens (tertiary/aromatic N) is 1. The van der Waals surface area contributed by atoms with Crippen LogP contribution in [0.25, 0.3) is 0 Å². The van der Waals surface area contributed by atoms with E-state index < -0.39 is 0 Å². The van der Waals surface area contributed by atoms with Gasteiger partial charge in [-0.1, -0.05) is 13.8 Å². The molecule has 1 saturated heterocycles. The summed E-state index contributed by atoms with van der Waals surface area (Å²) < 4.78 is 5.63. The van der Waals surface area contributed by atoms with Gasteiger partial charge < -0.3 is 15.4 Å². The lowest BCUT2D eigenvalue weighted by Gasteiger charge is -2.15. The van der Waals surface area contributed by atoms with Gasteiger partial charge in [0, 0.05) is 29.3 Å². The average Bonchev–Trinajstić information content (AvgIpc) is 3.45. The monoisotopic (exact) mass is 447 g/mol. The molecule has 6 nitrogen and oxygen atoms in total. The molecular formula is C22H29N3O3S2. The number of carbonyl (C=O) groups excluding carboxylic acids is 2. The number of fused-ring (bicyclic) bond motifs is 1. The number of thiophene rings is 1. The fraction of sp³-hybridized carbons (Fsp3) is 0.591. The van der Waals surface area contributed by atoms with Crippen LogP contribution in [-0.4, -0.2) is 36.1 Å². The van der Waals surface area contributed by atoms with Gasteiger partial charge in [-0.15, -0.1) is 22.7 Å². The number of rotatable bonds is 7. The second-order valence-electron chi connectivity index (χ2n) is 8.32. The third-order valence-electron chi connectivity index (χ3n) is 5.57. The maximum Gasteiger partial charge on any atom is 0.254 e. The lowest BCUT2D eigenvalue weighted by molar-refractivity contribution is -0.115. The van der Waals surface area contributed by atoms with Crippen LogP contribution < -0.4 is 10.6 Å². The minimum absolute atomic E-state index is 0.0984. The average molecular weight is 448 g/mol. The first-order valence-electron chi connectivity index (χ1n) is 10.8. The summed E-state index contributed by atoms with van der Waals surface area (Å²) in [4.78, 5) is 31.6. The first kappa shape index (κ1) is 21.5.